The number of imide groups is 1. The summed E-state index contributed by atoms with van der Waals surface area (Å²) in [6.07, 6.45) is -4.85. The molecule has 4 rings (SSSR count). The molecule has 10 heteroatoms. The number of hydroxylamine groups is 2. The van der Waals surface area contributed by atoms with Gasteiger partial charge in [0.05, 0.1) is 11.1 Å². The summed E-state index contributed by atoms with van der Waals surface area (Å²) in [5.41, 5.74) is 0.226. The Morgan fingerprint density at radius 1 is 0.964 bits per heavy atom. The van der Waals surface area contributed by atoms with Gasteiger partial charge in [0, 0.05) is 17.0 Å². The van der Waals surface area contributed by atoms with E-state index >= 15 is 0 Å². The van der Waals surface area contributed by atoms with Crippen LogP contribution in [0.4, 0.5) is 13.2 Å². The number of hydrogen-bond donors (Lipinski definition) is 1. The Hall–Kier alpha value is -3.82. The van der Waals surface area contributed by atoms with Crippen molar-refractivity contribution in [1.29, 1.82) is 0 Å². The number of carbonyl (C=O) groups excluding carboxylic acids is 3. The molecule has 0 unspecified atom stereocenters. The van der Waals surface area contributed by atoms with Crippen molar-refractivity contribution in [2.24, 2.45) is 0 Å². The van der Waals surface area contributed by atoms with E-state index in [4.69, 9.17) is 4.84 Å². The van der Waals surface area contributed by atoms with Crippen LogP contribution in [-0.2, 0) is 4.84 Å². The largest absolute Gasteiger partial charge is 0.573 e. The molecule has 0 atom stereocenters. The van der Waals surface area contributed by atoms with E-state index in [1.54, 1.807) is 12.1 Å². The number of benzene rings is 2. The maximum Gasteiger partial charge on any atom is 0.573 e. The molecule has 2 heterocycles. The van der Waals surface area contributed by atoms with Gasteiger partial charge in [0.15, 0.2) is 0 Å². The lowest BCUT2D eigenvalue weighted by Crippen LogP contribution is -2.32. The molecule has 142 valence electrons. The summed E-state index contributed by atoms with van der Waals surface area (Å²) in [4.78, 5) is 44.2. The van der Waals surface area contributed by atoms with Gasteiger partial charge in [-0.15, -0.1) is 13.2 Å². The van der Waals surface area contributed by atoms with Crippen molar-refractivity contribution in [2.45, 2.75) is 6.36 Å². The fourth-order valence-corrected chi connectivity index (χ4v) is 2.80. The minimum Gasteiger partial charge on any atom is -0.406 e. The minimum atomic E-state index is -4.85. The third-order valence-corrected chi connectivity index (χ3v) is 3.98. The molecule has 1 aliphatic heterocycles. The summed E-state index contributed by atoms with van der Waals surface area (Å²) < 4.78 is 40.8. The molecule has 0 bridgehead atoms. The minimum absolute atomic E-state index is 0.103. The highest BCUT2D eigenvalue weighted by Crippen LogP contribution is 2.28. The van der Waals surface area contributed by atoms with Crippen molar-refractivity contribution in [2.75, 3.05) is 0 Å². The Kier molecular flexibility index (Phi) is 3.84. The maximum absolute atomic E-state index is 12.3. The predicted octanol–water partition coefficient (Wildman–Crippen LogP) is 3.43. The predicted molar refractivity (Wildman–Crippen MR) is 87.3 cm³/mol. The number of aromatic nitrogens is 1. The van der Waals surface area contributed by atoms with Crippen molar-refractivity contribution in [3.8, 4) is 5.75 Å². The zero-order chi connectivity index (χ0) is 20.1. The molecule has 0 saturated carbocycles. The average molecular weight is 390 g/mol. The Morgan fingerprint density at radius 2 is 1.61 bits per heavy atom. The first-order chi connectivity index (χ1) is 13.2. The number of amides is 2. The van der Waals surface area contributed by atoms with Gasteiger partial charge in [-0.2, -0.15) is 0 Å². The van der Waals surface area contributed by atoms with Gasteiger partial charge in [-0.05, 0) is 30.3 Å². The zero-order valence-corrected chi connectivity index (χ0v) is 13.7. The molecule has 0 aliphatic carbocycles. The molecule has 3 aromatic rings. The molecule has 2 amide bonds. The topological polar surface area (TPSA) is 88.7 Å². The number of nitrogens with zero attached hydrogens (tertiary/aromatic N) is 1. The first kappa shape index (κ1) is 17.6. The SMILES string of the molecule is O=C(ON1C(=O)c2ccccc2C1=O)c1cc2ccc(OC(F)(F)F)cc2[nH]1. The van der Waals surface area contributed by atoms with E-state index in [0.717, 1.165) is 12.1 Å². The molecule has 0 fully saturated rings. The molecule has 1 N–H and O–H groups in total. The van der Waals surface area contributed by atoms with Gasteiger partial charge in [0.1, 0.15) is 11.4 Å². The van der Waals surface area contributed by atoms with E-state index in [9.17, 15) is 27.6 Å². The quantitative estimate of drug-likeness (QED) is 0.693. The second-order valence-electron chi connectivity index (χ2n) is 5.81. The van der Waals surface area contributed by atoms with Crippen LogP contribution in [0.5, 0.6) is 5.75 Å². The van der Waals surface area contributed by atoms with Gasteiger partial charge in [-0.25, -0.2) is 4.79 Å². The van der Waals surface area contributed by atoms with Crippen LogP contribution in [0.2, 0.25) is 0 Å². The van der Waals surface area contributed by atoms with Crippen molar-refractivity contribution < 1.29 is 37.1 Å². The second-order valence-corrected chi connectivity index (χ2v) is 5.81. The van der Waals surface area contributed by atoms with Crippen LogP contribution in [0.25, 0.3) is 10.9 Å². The first-order valence-corrected chi connectivity index (χ1v) is 7.81. The van der Waals surface area contributed by atoms with E-state index in [-0.39, 0.29) is 22.3 Å². The fraction of sp³-hybridized carbons (Fsp3) is 0.0556. The van der Waals surface area contributed by atoms with E-state index in [2.05, 4.69) is 9.72 Å². The lowest BCUT2D eigenvalue weighted by Gasteiger charge is -2.11. The summed E-state index contributed by atoms with van der Waals surface area (Å²) in [6.45, 7) is 0. The standard InChI is InChI=1S/C18H9F3N2O5/c19-18(20,21)27-10-6-5-9-7-14(22-13(9)8-10)17(26)28-23-15(24)11-3-1-2-4-12(11)16(23)25/h1-8,22H. The monoisotopic (exact) mass is 390 g/mol. The van der Waals surface area contributed by atoms with E-state index < -0.39 is 29.9 Å². The summed E-state index contributed by atoms with van der Waals surface area (Å²) >= 11 is 0. The van der Waals surface area contributed by atoms with Crippen LogP contribution in [-0.4, -0.2) is 34.2 Å². The Bertz CT molecular complexity index is 1100. The number of rotatable bonds is 3. The smallest absolute Gasteiger partial charge is 0.406 e. The fourth-order valence-electron chi connectivity index (χ4n) is 2.80. The normalized spacial score (nSPS) is 13.8. The van der Waals surface area contributed by atoms with Crippen molar-refractivity contribution in [1.82, 2.24) is 10.0 Å². The number of fused-ring (bicyclic) bond motifs is 2. The highest BCUT2D eigenvalue weighted by Gasteiger charge is 2.39. The molecule has 2 aromatic carbocycles. The number of halogens is 3. The van der Waals surface area contributed by atoms with Crippen LogP contribution in [0.3, 0.4) is 0 Å². The number of H-pyrrole nitrogens is 1. The van der Waals surface area contributed by atoms with E-state index in [1.807, 2.05) is 0 Å². The number of aromatic amines is 1. The number of alkyl halides is 3. The van der Waals surface area contributed by atoms with E-state index in [1.165, 1.54) is 24.3 Å². The van der Waals surface area contributed by atoms with Gasteiger partial charge in [0.25, 0.3) is 11.8 Å². The van der Waals surface area contributed by atoms with Crippen LogP contribution in [0.15, 0.2) is 48.5 Å². The van der Waals surface area contributed by atoms with Crippen LogP contribution in [0.1, 0.15) is 31.2 Å². The Morgan fingerprint density at radius 3 is 2.21 bits per heavy atom. The van der Waals surface area contributed by atoms with Crippen molar-refractivity contribution >= 4 is 28.7 Å². The van der Waals surface area contributed by atoms with Crippen molar-refractivity contribution in [3.63, 3.8) is 0 Å². The van der Waals surface area contributed by atoms with Gasteiger partial charge in [-0.1, -0.05) is 17.2 Å². The summed E-state index contributed by atoms with van der Waals surface area (Å²) in [7, 11) is 0. The molecule has 7 nitrogen and oxygen atoms in total. The van der Waals surface area contributed by atoms with Crippen LogP contribution >= 0.6 is 0 Å². The number of hydrogen-bond acceptors (Lipinski definition) is 5. The Balaban J connectivity index is 1.56. The molecule has 0 saturated heterocycles. The van der Waals surface area contributed by atoms with Crippen LogP contribution < -0.4 is 4.74 Å². The number of carbonyl (C=O) groups is 3. The van der Waals surface area contributed by atoms with Gasteiger partial charge in [-0.3, -0.25) is 9.59 Å². The van der Waals surface area contributed by atoms with Crippen molar-refractivity contribution in [3.05, 3.63) is 65.4 Å². The molecule has 1 aliphatic rings. The average Bonchev–Trinajstić information content (AvgIpc) is 3.15. The highest BCUT2D eigenvalue weighted by molar-refractivity contribution is 6.21. The molecular formula is C18H9F3N2O5. The maximum atomic E-state index is 12.3. The van der Waals surface area contributed by atoms with Gasteiger partial charge >= 0.3 is 12.3 Å². The first-order valence-electron chi connectivity index (χ1n) is 7.81. The lowest BCUT2D eigenvalue weighted by molar-refractivity contribution is -0.274. The van der Waals surface area contributed by atoms with Gasteiger partial charge < -0.3 is 14.6 Å². The lowest BCUT2D eigenvalue weighted by atomic mass is 10.1. The zero-order valence-electron chi connectivity index (χ0n) is 13.7. The Labute approximate surface area is 154 Å². The molecule has 1 aromatic heterocycles. The number of ether oxygens (including phenoxy) is 1. The van der Waals surface area contributed by atoms with E-state index in [0.29, 0.717) is 10.4 Å². The second kappa shape index (κ2) is 6.12. The van der Waals surface area contributed by atoms with Crippen LogP contribution in [0, 0.1) is 0 Å². The molecule has 0 spiro atoms. The molecular weight excluding hydrogens is 381 g/mol. The molecule has 28 heavy (non-hydrogen) atoms. The summed E-state index contributed by atoms with van der Waals surface area (Å²) in [5.74, 6) is -3.09. The highest BCUT2D eigenvalue weighted by atomic mass is 19.4. The molecule has 0 radical (unpaired) electrons. The third-order valence-electron chi connectivity index (χ3n) is 3.98. The summed E-state index contributed by atoms with van der Waals surface area (Å²) in [5, 5.41) is 0.750. The number of nitrogens with one attached hydrogen (secondary N) is 1. The third kappa shape index (κ3) is 3.04. The summed E-state index contributed by atoms with van der Waals surface area (Å²) in [6, 6.07) is 10.7. The van der Waals surface area contributed by atoms with Gasteiger partial charge in [0.2, 0.25) is 0 Å².